The van der Waals surface area contributed by atoms with Crippen LogP contribution in [0.25, 0.3) is 0 Å². The van der Waals surface area contributed by atoms with Crippen LogP contribution in [-0.2, 0) is 16.2 Å². The highest BCUT2D eigenvalue weighted by Gasteiger charge is 2.32. The van der Waals surface area contributed by atoms with Gasteiger partial charge in [0.05, 0.1) is 12.3 Å². The van der Waals surface area contributed by atoms with Crippen molar-refractivity contribution < 1.29 is 18.4 Å². The first kappa shape index (κ1) is 20.5. The highest BCUT2D eigenvalue weighted by Crippen LogP contribution is 2.28. The van der Waals surface area contributed by atoms with Gasteiger partial charge in [0.15, 0.2) is 6.10 Å². The van der Waals surface area contributed by atoms with Gasteiger partial charge in [-0.25, -0.2) is 8.78 Å². The van der Waals surface area contributed by atoms with Crippen LogP contribution < -0.4 is 0 Å². The van der Waals surface area contributed by atoms with Crippen molar-refractivity contribution in [1.82, 2.24) is 4.90 Å². The summed E-state index contributed by atoms with van der Waals surface area (Å²) in [4.78, 5) is 20.4. The molecule has 0 N–H and O–H groups in total. The molecule has 1 heterocycles. The zero-order valence-electron chi connectivity index (χ0n) is 17.1. The molecule has 30 heavy (non-hydrogen) atoms. The van der Waals surface area contributed by atoms with Crippen LogP contribution in [-0.4, -0.2) is 29.2 Å². The summed E-state index contributed by atoms with van der Waals surface area (Å²) in [6.07, 6.45) is 4.10. The Bertz CT molecular complexity index is 937. The van der Waals surface area contributed by atoms with E-state index in [1.165, 1.54) is 17.7 Å². The Kier molecular flexibility index (Phi) is 6.11. The van der Waals surface area contributed by atoms with E-state index < -0.39 is 11.6 Å². The molecule has 1 fully saturated rings. The van der Waals surface area contributed by atoms with Crippen molar-refractivity contribution in [3.63, 3.8) is 0 Å². The fourth-order valence-electron chi connectivity index (χ4n) is 4.21. The van der Waals surface area contributed by atoms with Crippen molar-refractivity contribution in [1.29, 1.82) is 0 Å². The number of benzene rings is 2. The highest BCUT2D eigenvalue weighted by molar-refractivity contribution is 6.01. The van der Waals surface area contributed by atoms with Gasteiger partial charge >= 0.3 is 0 Å². The van der Waals surface area contributed by atoms with E-state index in [1.807, 2.05) is 31.2 Å². The number of oxime groups is 1. The molecule has 6 heteroatoms. The average Bonchev–Trinajstić information content (AvgIpc) is 3.42. The van der Waals surface area contributed by atoms with E-state index in [2.05, 4.69) is 5.16 Å². The summed E-state index contributed by atoms with van der Waals surface area (Å²) in [5.41, 5.74) is 3.33. The summed E-state index contributed by atoms with van der Waals surface area (Å²) in [6, 6.07) is 11.6. The molecule has 4 rings (SSSR count). The Morgan fingerprint density at radius 2 is 1.87 bits per heavy atom. The van der Waals surface area contributed by atoms with E-state index >= 15 is 0 Å². The van der Waals surface area contributed by atoms with Crippen LogP contribution >= 0.6 is 0 Å². The lowest BCUT2D eigenvalue weighted by molar-refractivity contribution is -0.137. The molecule has 1 saturated carbocycles. The number of rotatable bonds is 6. The molecular formula is C24H26F2N2O2. The van der Waals surface area contributed by atoms with E-state index in [0.717, 1.165) is 43.0 Å². The number of carbonyl (C=O) groups excluding carboxylic acids is 1. The largest absolute Gasteiger partial charge is 0.390 e. The molecule has 1 atom stereocenters. The minimum Gasteiger partial charge on any atom is -0.390 e. The molecule has 1 amide bonds. The first-order valence-electron chi connectivity index (χ1n) is 10.5. The normalized spacial score (nSPS) is 18.9. The fourth-order valence-corrected chi connectivity index (χ4v) is 4.21. The number of carbonyl (C=O) groups is 1. The lowest BCUT2D eigenvalue weighted by Crippen LogP contribution is -2.40. The van der Waals surface area contributed by atoms with Crippen LogP contribution in [0.15, 0.2) is 47.6 Å². The Hall–Kier alpha value is -2.76. The summed E-state index contributed by atoms with van der Waals surface area (Å²) in [7, 11) is 0. The smallest absolute Gasteiger partial charge is 0.226 e. The lowest BCUT2D eigenvalue weighted by Gasteiger charge is -2.27. The average molecular weight is 412 g/mol. The molecule has 0 radical (unpaired) electrons. The van der Waals surface area contributed by atoms with Crippen molar-refractivity contribution >= 4 is 11.6 Å². The molecule has 2 aromatic rings. The van der Waals surface area contributed by atoms with Crippen molar-refractivity contribution in [2.45, 2.75) is 51.7 Å². The van der Waals surface area contributed by atoms with Crippen LogP contribution in [0.5, 0.6) is 0 Å². The van der Waals surface area contributed by atoms with E-state index in [0.29, 0.717) is 18.5 Å². The Morgan fingerprint density at radius 3 is 2.57 bits per heavy atom. The third-order valence-electron chi connectivity index (χ3n) is 5.93. The predicted octanol–water partition coefficient (Wildman–Crippen LogP) is 4.99. The minimum absolute atomic E-state index is 0.0172. The van der Waals surface area contributed by atoms with Gasteiger partial charge in [0.2, 0.25) is 5.91 Å². The molecule has 158 valence electrons. The summed E-state index contributed by atoms with van der Waals surface area (Å²) >= 11 is 0. The molecule has 2 aliphatic rings. The number of nitrogens with zero attached hydrogens (tertiary/aromatic N) is 2. The second kappa shape index (κ2) is 8.94. The van der Waals surface area contributed by atoms with E-state index in [4.69, 9.17) is 4.84 Å². The van der Waals surface area contributed by atoms with Crippen LogP contribution in [0.2, 0.25) is 0 Å². The van der Waals surface area contributed by atoms with Crippen LogP contribution in [0.3, 0.4) is 0 Å². The lowest BCUT2D eigenvalue weighted by atomic mass is 10.0. The highest BCUT2D eigenvalue weighted by atomic mass is 19.1. The van der Waals surface area contributed by atoms with Gasteiger partial charge in [0.1, 0.15) is 11.6 Å². The van der Waals surface area contributed by atoms with Gasteiger partial charge in [-0.3, -0.25) is 4.79 Å². The molecule has 0 bridgehead atoms. The molecule has 1 aliphatic heterocycles. The first-order valence-corrected chi connectivity index (χ1v) is 10.5. The molecule has 0 saturated heterocycles. The zero-order chi connectivity index (χ0) is 21.1. The molecular weight excluding hydrogens is 386 g/mol. The maximum Gasteiger partial charge on any atom is 0.226 e. The van der Waals surface area contributed by atoms with Crippen molar-refractivity contribution in [3.8, 4) is 0 Å². The van der Waals surface area contributed by atoms with Gasteiger partial charge in [0.25, 0.3) is 0 Å². The molecule has 1 unspecified atom stereocenters. The van der Waals surface area contributed by atoms with Gasteiger partial charge in [-0.05, 0) is 31.4 Å². The third kappa shape index (κ3) is 4.69. The first-order chi connectivity index (χ1) is 14.5. The van der Waals surface area contributed by atoms with Crippen molar-refractivity contribution in [2.75, 3.05) is 6.54 Å². The van der Waals surface area contributed by atoms with Gasteiger partial charge < -0.3 is 9.74 Å². The van der Waals surface area contributed by atoms with E-state index in [9.17, 15) is 13.6 Å². The standard InChI is InChI=1S/C24H26F2N2O2/c1-16-6-8-17(9-7-16)23-13-21(30-27-23)15-28(24(29)18-4-2-3-5-18)14-19-10-11-20(25)12-22(19)26/h6-12,18,21H,2-5,13-15H2,1H3. The molecule has 4 nitrogen and oxygen atoms in total. The maximum absolute atomic E-state index is 14.2. The summed E-state index contributed by atoms with van der Waals surface area (Å²) in [6.45, 7) is 2.45. The van der Waals surface area contributed by atoms with Crippen molar-refractivity contribution in [3.05, 3.63) is 70.8 Å². The molecule has 0 spiro atoms. The predicted molar refractivity (Wildman–Crippen MR) is 111 cm³/mol. The number of hydrogen-bond acceptors (Lipinski definition) is 3. The van der Waals surface area contributed by atoms with E-state index in [1.54, 1.807) is 4.90 Å². The van der Waals surface area contributed by atoms with Gasteiger partial charge in [-0.1, -0.05) is 53.9 Å². The SMILES string of the molecule is Cc1ccc(C2=NOC(CN(Cc3ccc(F)cc3F)C(=O)C3CCCC3)C2)cc1. The zero-order valence-corrected chi connectivity index (χ0v) is 17.1. The molecule has 1 aliphatic carbocycles. The summed E-state index contributed by atoms with van der Waals surface area (Å²) in [5, 5.41) is 4.22. The van der Waals surface area contributed by atoms with Crippen LogP contribution in [0, 0.1) is 24.5 Å². The number of hydrogen-bond donors (Lipinski definition) is 0. The summed E-state index contributed by atoms with van der Waals surface area (Å²) < 4.78 is 27.5. The number of amides is 1. The Labute approximate surface area is 175 Å². The minimum atomic E-state index is -0.636. The van der Waals surface area contributed by atoms with Crippen molar-refractivity contribution in [2.24, 2.45) is 11.1 Å². The third-order valence-corrected chi connectivity index (χ3v) is 5.93. The van der Waals surface area contributed by atoms with Gasteiger partial charge in [-0.2, -0.15) is 0 Å². The summed E-state index contributed by atoms with van der Waals surface area (Å²) in [5.74, 6) is -1.28. The second-order valence-corrected chi connectivity index (χ2v) is 8.27. The van der Waals surface area contributed by atoms with Gasteiger partial charge in [0, 0.05) is 30.5 Å². The molecule has 0 aromatic heterocycles. The topological polar surface area (TPSA) is 41.9 Å². The quantitative estimate of drug-likeness (QED) is 0.671. The Morgan fingerprint density at radius 1 is 1.13 bits per heavy atom. The number of halogens is 2. The molecule has 2 aromatic carbocycles. The Balaban J connectivity index is 1.47. The number of aryl methyl sites for hydroxylation is 1. The van der Waals surface area contributed by atoms with E-state index in [-0.39, 0.29) is 24.5 Å². The second-order valence-electron chi connectivity index (χ2n) is 8.27. The van der Waals surface area contributed by atoms with Crippen LogP contribution in [0.1, 0.15) is 48.8 Å². The van der Waals surface area contributed by atoms with Gasteiger partial charge in [-0.15, -0.1) is 0 Å². The van der Waals surface area contributed by atoms with Crippen LogP contribution in [0.4, 0.5) is 8.78 Å². The monoisotopic (exact) mass is 412 g/mol. The fraction of sp³-hybridized carbons (Fsp3) is 0.417. The maximum atomic E-state index is 14.2.